The number of hydrogen-bond acceptors (Lipinski definition) is 4. The minimum absolute atomic E-state index is 0.812. The van der Waals surface area contributed by atoms with Gasteiger partial charge in [0.2, 0.25) is 0 Å². The summed E-state index contributed by atoms with van der Waals surface area (Å²) in [6, 6.07) is 5.93. The van der Waals surface area contributed by atoms with Crippen LogP contribution >= 0.6 is 27.7 Å². The lowest BCUT2D eigenvalue weighted by Crippen LogP contribution is -2.12. The van der Waals surface area contributed by atoms with Crippen molar-refractivity contribution >= 4 is 33.4 Å². The Hall–Kier alpha value is -1.01. The van der Waals surface area contributed by atoms with Gasteiger partial charge in [-0.15, -0.1) is 22.0 Å². The molecule has 2 heterocycles. The van der Waals surface area contributed by atoms with Crippen LogP contribution in [-0.2, 0) is 18.7 Å². The van der Waals surface area contributed by atoms with Crippen molar-refractivity contribution in [2.75, 3.05) is 5.73 Å². The molecule has 1 aromatic carbocycles. The van der Waals surface area contributed by atoms with E-state index < -0.39 is 0 Å². The molecule has 0 bridgehead atoms. The van der Waals surface area contributed by atoms with Gasteiger partial charge in [0, 0.05) is 28.0 Å². The third-order valence-electron chi connectivity index (χ3n) is 3.27. The van der Waals surface area contributed by atoms with Crippen molar-refractivity contribution < 1.29 is 0 Å². The monoisotopic (exact) mass is 338 g/mol. The molecule has 1 aromatic heterocycles. The molecule has 0 spiro atoms. The number of rotatable bonds is 3. The number of nitrogens with two attached hydrogens (primary N) is 1. The van der Waals surface area contributed by atoms with E-state index in [4.69, 9.17) is 5.73 Å². The molecule has 0 aliphatic carbocycles. The second kappa shape index (κ2) is 5.54. The number of aryl methyl sites for hydroxylation is 1. The van der Waals surface area contributed by atoms with Gasteiger partial charge < -0.3 is 10.3 Å². The SMILES string of the molecule is Nc1ccc(Br)cc1SCc1nnc2n1CCCC2. The lowest BCUT2D eigenvalue weighted by molar-refractivity contribution is 0.513. The first kappa shape index (κ1) is 13.0. The van der Waals surface area contributed by atoms with E-state index in [0.717, 1.165) is 45.4 Å². The van der Waals surface area contributed by atoms with Crippen LogP contribution in [0.1, 0.15) is 24.5 Å². The van der Waals surface area contributed by atoms with E-state index >= 15 is 0 Å². The van der Waals surface area contributed by atoms with Crippen molar-refractivity contribution in [3.63, 3.8) is 0 Å². The van der Waals surface area contributed by atoms with Crippen LogP contribution in [0, 0.1) is 0 Å². The van der Waals surface area contributed by atoms with Crippen LogP contribution in [0.2, 0.25) is 0 Å². The molecule has 0 unspecified atom stereocenters. The highest BCUT2D eigenvalue weighted by atomic mass is 79.9. The van der Waals surface area contributed by atoms with E-state index in [1.165, 1.54) is 12.8 Å². The fourth-order valence-electron chi connectivity index (χ4n) is 2.25. The van der Waals surface area contributed by atoms with E-state index in [0.29, 0.717) is 0 Å². The second-order valence-electron chi connectivity index (χ2n) is 4.61. The Balaban J connectivity index is 1.75. The molecule has 2 N–H and O–H groups in total. The van der Waals surface area contributed by atoms with Gasteiger partial charge in [-0.25, -0.2) is 0 Å². The lowest BCUT2D eigenvalue weighted by atomic mass is 10.2. The summed E-state index contributed by atoms with van der Waals surface area (Å²) in [7, 11) is 0. The lowest BCUT2D eigenvalue weighted by Gasteiger charge is -2.14. The molecule has 100 valence electrons. The highest BCUT2D eigenvalue weighted by Gasteiger charge is 2.15. The topological polar surface area (TPSA) is 56.7 Å². The molecule has 0 saturated heterocycles. The first-order valence-corrected chi connectivity index (χ1v) is 8.10. The van der Waals surface area contributed by atoms with Crippen LogP contribution in [0.3, 0.4) is 0 Å². The summed E-state index contributed by atoms with van der Waals surface area (Å²) in [5.41, 5.74) is 6.79. The molecule has 1 aliphatic heterocycles. The van der Waals surface area contributed by atoms with Crippen molar-refractivity contribution in [2.45, 2.75) is 36.5 Å². The van der Waals surface area contributed by atoms with Crippen LogP contribution in [0.5, 0.6) is 0 Å². The first-order valence-electron chi connectivity index (χ1n) is 6.33. The Morgan fingerprint density at radius 2 is 2.21 bits per heavy atom. The summed E-state index contributed by atoms with van der Waals surface area (Å²) in [4.78, 5) is 1.09. The Labute approximate surface area is 124 Å². The Kier molecular flexibility index (Phi) is 3.79. The Morgan fingerprint density at radius 3 is 3.11 bits per heavy atom. The van der Waals surface area contributed by atoms with Crippen molar-refractivity contribution in [3.8, 4) is 0 Å². The quantitative estimate of drug-likeness (QED) is 0.689. The molecule has 0 radical (unpaired) electrons. The molecule has 19 heavy (non-hydrogen) atoms. The number of hydrogen-bond donors (Lipinski definition) is 1. The largest absolute Gasteiger partial charge is 0.398 e. The zero-order chi connectivity index (χ0) is 13.2. The van der Waals surface area contributed by atoms with Gasteiger partial charge in [-0.05, 0) is 31.0 Å². The minimum Gasteiger partial charge on any atom is -0.398 e. The predicted octanol–water partition coefficient (Wildman–Crippen LogP) is 3.25. The molecular formula is C13H15BrN4S. The van der Waals surface area contributed by atoms with Crippen LogP contribution in [0.25, 0.3) is 0 Å². The van der Waals surface area contributed by atoms with Gasteiger partial charge in [-0.3, -0.25) is 0 Å². The first-order chi connectivity index (χ1) is 9.24. The third kappa shape index (κ3) is 2.79. The van der Waals surface area contributed by atoms with Crippen LogP contribution in [-0.4, -0.2) is 14.8 Å². The van der Waals surface area contributed by atoms with E-state index in [1.807, 2.05) is 18.2 Å². The summed E-state index contributed by atoms with van der Waals surface area (Å²) in [5, 5.41) is 8.57. The smallest absolute Gasteiger partial charge is 0.143 e. The Bertz CT molecular complexity index is 596. The van der Waals surface area contributed by atoms with E-state index in [2.05, 4.69) is 30.7 Å². The molecule has 0 saturated carbocycles. The van der Waals surface area contributed by atoms with E-state index in [1.54, 1.807) is 11.8 Å². The molecule has 0 fully saturated rings. The fourth-order valence-corrected chi connectivity index (χ4v) is 3.71. The van der Waals surface area contributed by atoms with Crippen LogP contribution in [0.4, 0.5) is 5.69 Å². The number of benzene rings is 1. The van der Waals surface area contributed by atoms with Gasteiger partial charge in [-0.1, -0.05) is 15.9 Å². The second-order valence-corrected chi connectivity index (χ2v) is 6.54. The summed E-state index contributed by atoms with van der Waals surface area (Å²) in [6.07, 6.45) is 3.50. The number of nitrogen functional groups attached to an aromatic ring is 1. The molecule has 6 heteroatoms. The molecule has 2 aromatic rings. The van der Waals surface area contributed by atoms with Gasteiger partial charge in [0.1, 0.15) is 11.6 Å². The summed E-state index contributed by atoms with van der Waals surface area (Å²) < 4.78 is 3.30. The van der Waals surface area contributed by atoms with Crippen molar-refractivity contribution in [3.05, 3.63) is 34.3 Å². The fraction of sp³-hybridized carbons (Fsp3) is 0.385. The maximum atomic E-state index is 5.98. The summed E-state index contributed by atoms with van der Waals surface area (Å²) in [6.45, 7) is 1.05. The zero-order valence-corrected chi connectivity index (χ0v) is 12.9. The third-order valence-corrected chi connectivity index (χ3v) is 4.83. The van der Waals surface area contributed by atoms with Crippen molar-refractivity contribution in [1.29, 1.82) is 0 Å². The van der Waals surface area contributed by atoms with Crippen LogP contribution in [0.15, 0.2) is 27.6 Å². The minimum atomic E-state index is 0.812. The number of halogens is 1. The highest BCUT2D eigenvalue weighted by Crippen LogP contribution is 2.30. The number of fused-ring (bicyclic) bond motifs is 1. The molecular weight excluding hydrogens is 324 g/mol. The maximum absolute atomic E-state index is 5.98. The number of anilines is 1. The van der Waals surface area contributed by atoms with Gasteiger partial charge in [0.25, 0.3) is 0 Å². The van der Waals surface area contributed by atoms with Gasteiger partial charge in [0.05, 0.1) is 5.75 Å². The zero-order valence-electron chi connectivity index (χ0n) is 10.5. The van der Waals surface area contributed by atoms with E-state index in [-0.39, 0.29) is 0 Å². The summed E-state index contributed by atoms with van der Waals surface area (Å²) >= 11 is 5.19. The number of nitrogens with zero attached hydrogens (tertiary/aromatic N) is 3. The normalized spacial score (nSPS) is 14.4. The van der Waals surface area contributed by atoms with E-state index in [9.17, 15) is 0 Å². The van der Waals surface area contributed by atoms with Gasteiger partial charge in [0.15, 0.2) is 0 Å². The number of thioether (sulfide) groups is 1. The van der Waals surface area contributed by atoms with Crippen molar-refractivity contribution in [2.24, 2.45) is 0 Å². The van der Waals surface area contributed by atoms with Crippen LogP contribution < -0.4 is 5.73 Å². The molecule has 1 aliphatic rings. The number of aromatic nitrogens is 3. The summed E-state index contributed by atoms with van der Waals surface area (Å²) in [5.74, 6) is 3.00. The van der Waals surface area contributed by atoms with Crippen molar-refractivity contribution in [1.82, 2.24) is 14.8 Å². The molecule has 4 nitrogen and oxygen atoms in total. The average molecular weight is 339 g/mol. The Morgan fingerprint density at radius 1 is 1.32 bits per heavy atom. The molecule has 0 amide bonds. The predicted molar refractivity (Wildman–Crippen MR) is 81.1 cm³/mol. The highest BCUT2D eigenvalue weighted by molar-refractivity contribution is 9.10. The molecule has 0 atom stereocenters. The average Bonchev–Trinajstić information content (AvgIpc) is 2.83. The molecule has 3 rings (SSSR count). The van der Waals surface area contributed by atoms with Gasteiger partial charge in [-0.2, -0.15) is 0 Å². The van der Waals surface area contributed by atoms with Gasteiger partial charge >= 0.3 is 0 Å². The standard InChI is InChI=1S/C13H15BrN4S/c14-9-4-5-10(15)11(7-9)19-8-13-17-16-12-3-1-2-6-18(12)13/h4-5,7H,1-3,6,8,15H2. The maximum Gasteiger partial charge on any atom is 0.143 e.